The fraction of sp³-hybridized carbons (Fsp3) is 0.250. The lowest BCUT2D eigenvalue weighted by molar-refractivity contribution is 0.149. The third-order valence-corrected chi connectivity index (χ3v) is 2.51. The van der Waals surface area contributed by atoms with E-state index in [1.165, 1.54) is 6.07 Å². The molecule has 0 N–H and O–H groups in total. The molecule has 0 aliphatic rings. The van der Waals surface area contributed by atoms with E-state index in [4.69, 9.17) is 5.26 Å². The molecular weight excluding hydrogens is 322 g/mol. The van der Waals surface area contributed by atoms with Gasteiger partial charge in [0, 0.05) is 5.33 Å². The van der Waals surface area contributed by atoms with Gasteiger partial charge in [0.2, 0.25) is 0 Å². The van der Waals surface area contributed by atoms with Crippen LogP contribution in [0.1, 0.15) is 23.2 Å². The van der Waals surface area contributed by atoms with E-state index in [1.54, 1.807) is 6.07 Å². The highest BCUT2D eigenvalue weighted by Crippen LogP contribution is 2.28. The van der Waals surface area contributed by atoms with E-state index in [9.17, 15) is 8.78 Å². The Balaban J connectivity index is 3.42. The Kier molecular flexibility index (Phi) is 3.96. The highest BCUT2D eigenvalue weighted by molar-refractivity contribution is 9.10. The van der Waals surface area contributed by atoms with Crippen molar-refractivity contribution in [1.29, 1.82) is 5.26 Å². The molecule has 6 heteroatoms. The van der Waals surface area contributed by atoms with E-state index in [0.717, 1.165) is 0 Å². The molecule has 1 aromatic rings. The third-order valence-electron chi connectivity index (χ3n) is 1.57. The molecule has 1 aromatic heterocycles. The van der Waals surface area contributed by atoms with Crippen LogP contribution in [-0.2, 0) is 5.33 Å². The molecule has 0 spiro atoms. The van der Waals surface area contributed by atoms with Gasteiger partial charge in [-0.05, 0) is 22.0 Å². The molecule has 0 unspecified atom stereocenters. The average molecular weight is 326 g/mol. The number of hydrogen-bond donors (Lipinski definition) is 0. The summed E-state index contributed by atoms with van der Waals surface area (Å²) >= 11 is 6.10. The quantitative estimate of drug-likeness (QED) is 0.616. The number of rotatable bonds is 2. The van der Waals surface area contributed by atoms with Crippen molar-refractivity contribution in [3.63, 3.8) is 0 Å². The van der Waals surface area contributed by atoms with Crippen molar-refractivity contribution in [2.45, 2.75) is 11.8 Å². The summed E-state index contributed by atoms with van der Waals surface area (Å²) in [6.07, 6.45) is -2.68. The standard InChI is InChI=1S/C8H4Br2F2N2/c9-2-5-7(8(11)12)4(3-13)1-6(10)14-5/h1,8H,2H2. The number of pyridine rings is 1. The van der Waals surface area contributed by atoms with Gasteiger partial charge >= 0.3 is 0 Å². The first kappa shape index (κ1) is 11.5. The molecule has 0 amide bonds. The normalized spacial score (nSPS) is 10.3. The number of halogens is 4. The van der Waals surface area contributed by atoms with Crippen LogP contribution in [0.5, 0.6) is 0 Å². The van der Waals surface area contributed by atoms with Crippen molar-refractivity contribution in [2.24, 2.45) is 0 Å². The third kappa shape index (κ3) is 2.28. The molecule has 0 saturated carbocycles. The smallest absolute Gasteiger partial charge is 0.244 e. The number of alkyl halides is 3. The van der Waals surface area contributed by atoms with Crippen LogP contribution in [0.3, 0.4) is 0 Å². The Morgan fingerprint density at radius 1 is 1.57 bits per heavy atom. The Morgan fingerprint density at radius 3 is 2.64 bits per heavy atom. The Labute approximate surface area is 96.2 Å². The lowest BCUT2D eigenvalue weighted by Crippen LogP contribution is -2.00. The minimum atomic E-state index is -2.68. The molecule has 0 radical (unpaired) electrons. The largest absolute Gasteiger partial charge is 0.266 e. The molecule has 74 valence electrons. The zero-order valence-corrected chi connectivity index (χ0v) is 9.94. The van der Waals surface area contributed by atoms with Crippen molar-refractivity contribution < 1.29 is 8.78 Å². The first-order valence-electron chi connectivity index (χ1n) is 3.53. The van der Waals surface area contributed by atoms with Crippen LogP contribution < -0.4 is 0 Å². The van der Waals surface area contributed by atoms with Gasteiger partial charge in [0.05, 0.1) is 22.9 Å². The van der Waals surface area contributed by atoms with E-state index < -0.39 is 6.43 Å². The van der Waals surface area contributed by atoms with Crippen molar-refractivity contribution in [2.75, 3.05) is 0 Å². The van der Waals surface area contributed by atoms with Crippen LogP contribution in [0.2, 0.25) is 0 Å². The number of aromatic nitrogens is 1. The molecule has 2 nitrogen and oxygen atoms in total. The molecule has 1 rings (SSSR count). The van der Waals surface area contributed by atoms with Crippen molar-refractivity contribution in [1.82, 2.24) is 4.98 Å². The van der Waals surface area contributed by atoms with Crippen LogP contribution >= 0.6 is 31.9 Å². The molecule has 0 atom stereocenters. The summed E-state index contributed by atoms with van der Waals surface area (Å²) in [5.41, 5.74) is -0.158. The van der Waals surface area contributed by atoms with Gasteiger partial charge in [0.1, 0.15) is 4.60 Å². The average Bonchev–Trinajstić information content (AvgIpc) is 2.15. The first-order chi connectivity index (χ1) is 6.60. The van der Waals surface area contributed by atoms with Crippen LogP contribution in [0.15, 0.2) is 10.7 Å². The predicted molar refractivity (Wildman–Crippen MR) is 54.2 cm³/mol. The highest BCUT2D eigenvalue weighted by Gasteiger charge is 2.19. The van der Waals surface area contributed by atoms with E-state index in [1.807, 2.05) is 0 Å². The monoisotopic (exact) mass is 324 g/mol. The van der Waals surface area contributed by atoms with Crippen LogP contribution in [-0.4, -0.2) is 4.98 Å². The molecule has 0 aromatic carbocycles. The summed E-state index contributed by atoms with van der Waals surface area (Å²) in [5.74, 6) is 0. The van der Waals surface area contributed by atoms with Crippen molar-refractivity contribution >= 4 is 31.9 Å². The molecule has 0 aliphatic carbocycles. The molecule has 14 heavy (non-hydrogen) atoms. The zero-order chi connectivity index (χ0) is 10.7. The summed E-state index contributed by atoms with van der Waals surface area (Å²) in [4.78, 5) is 3.86. The summed E-state index contributed by atoms with van der Waals surface area (Å²) < 4.78 is 25.5. The lowest BCUT2D eigenvalue weighted by atomic mass is 10.1. The Hall–Kier alpha value is -0.540. The van der Waals surface area contributed by atoms with Gasteiger partial charge in [-0.25, -0.2) is 13.8 Å². The second kappa shape index (κ2) is 4.80. The molecule has 0 aliphatic heterocycles. The molecule has 0 saturated heterocycles. The lowest BCUT2D eigenvalue weighted by Gasteiger charge is -2.07. The summed E-state index contributed by atoms with van der Waals surface area (Å²) in [7, 11) is 0. The van der Waals surface area contributed by atoms with Gasteiger partial charge in [-0.3, -0.25) is 0 Å². The van der Waals surface area contributed by atoms with E-state index in [0.29, 0.717) is 4.60 Å². The van der Waals surface area contributed by atoms with E-state index >= 15 is 0 Å². The molecular formula is C8H4Br2F2N2. The minimum Gasteiger partial charge on any atom is -0.244 e. The Bertz CT molecular complexity index is 388. The maximum Gasteiger partial charge on any atom is 0.266 e. The zero-order valence-electron chi connectivity index (χ0n) is 6.77. The summed E-state index contributed by atoms with van der Waals surface area (Å²) in [6.45, 7) is 0. The van der Waals surface area contributed by atoms with Gasteiger partial charge in [0.25, 0.3) is 6.43 Å². The second-order valence-electron chi connectivity index (χ2n) is 2.40. The SMILES string of the molecule is N#Cc1cc(Br)nc(CBr)c1C(F)F. The van der Waals surface area contributed by atoms with Gasteiger partial charge < -0.3 is 0 Å². The van der Waals surface area contributed by atoms with Gasteiger partial charge in [-0.15, -0.1) is 0 Å². The maximum atomic E-state index is 12.6. The Morgan fingerprint density at radius 2 is 2.21 bits per heavy atom. The van der Waals surface area contributed by atoms with Crippen LogP contribution in [0, 0.1) is 11.3 Å². The van der Waals surface area contributed by atoms with Gasteiger partial charge in [-0.1, -0.05) is 15.9 Å². The van der Waals surface area contributed by atoms with Crippen LogP contribution in [0.25, 0.3) is 0 Å². The number of nitriles is 1. The van der Waals surface area contributed by atoms with Crippen molar-refractivity contribution in [3.8, 4) is 6.07 Å². The van der Waals surface area contributed by atoms with Crippen molar-refractivity contribution in [3.05, 3.63) is 27.5 Å². The van der Waals surface area contributed by atoms with Gasteiger partial charge in [-0.2, -0.15) is 5.26 Å². The highest BCUT2D eigenvalue weighted by atomic mass is 79.9. The van der Waals surface area contributed by atoms with Crippen LogP contribution in [0.4, 0.5) is 8.78 Å². The van der Waals surface area contributed by atoms with Gasteiger partial charge in [0.15, 0.2) is 0 Å². The molecule has 1 heterocycles. The van der Waals surface area contributed by atoms with E-state index in [-0.39, 0.29) is 22.2 Å². The number of hydrogen-bond acceptors (Lipinski definition) is 2. The maximum absolute atomic E-state index is 12.6. The second-order valence-corrected chi connectivity index (χ2v) is 3.77. The molecule has 0 fully saturated rings. The summed E-state index contributed by atoms with van der Waals surface area (Å²) in [5, 5.41) is 8.86. The first-order valence-corrected chi connectivity index (χ1v) is 5.45. The number of nitrogens with zero attached hydrogens (tertiary/aromatic N) is 2. The predicted octanol–water partition coefficient (Wildman–Crippen LogP) is 3.55. The molecule has 0 bridgehead atoms. The topological polar surface area (TPSA) is 36.7 Å². The van der Waals surface area contributed by atoms with E-state index in [2.05, 4.69) is 36.8 Å². The fourth-order valence-corrected chi connectivity index (χ4v) is 1.88. The fourth-order valence-electron chi connectivity index (χ4n) is 1.01. The minimum absolute atomic E-state index is 0.0451. The summed E-state index contributed by atoms with van der Waals surface area (Å²) in [6, 6.07) is 3.01.